The number of fused-ring (bicyclic) bond motifs is 2. The predicted octanol–water partition coefficient (Wildman–Crippen LogP) is 1.76. The Morgan fingerprint density at radius 1 is 1.07 bits per heavy atom. The van der Waals surface area contributed by atoms with Gasteiger partial charge in [-0.2, -0.15) is 0 Å². The van der Waals surface area contributed by atoms with Crippen molar-refractivity contribution >= 4 is 11.8 Å². The van der Waals surface area contributed by atoms with Gasteiger partial charge in [0.25, 0.3) is 0 Å². The number of nitrogens with zero attached hydrogens (tertiary/aromatic N) is 4. The van der Waals surface area contributed by atoms with Crippen LogP contribution in [0.5, 0.6) is 0 Å². The van der Waals surface area contributed by atoms with Gasteiger partial charge in [0.15, 0.2) is 0 Å². The number of rotatable bonds is 3. The molecule has 0 aromatic heterocycles. The van der Waals surface area contributed by atoms with Gasteiger partial charge in [0.1, 0.15) is 11.7 Å². The number of piperidine rings is 1. The number of piperazine rings is 1. The Kier molecular flexibility index (Phi) is 4.87. The van der Waals surface area contributed by atoms with Gasteiger partial charge in [-0.05, 0) is 25.5 Å². The minimum atomic E-state index is -0.241. The SMILES string of the molecule is CN1CCN2[C@H](C1)C(=O)N(Cc1ccccc1)C21CCN(C(=O)C2CCC2)CC1. The second-order valence-electron chi connectivity index (χ2n) is 9.32. The van der Waals surface area contributed by atoms with E-state index < -0.39 is 0 Å². The Hall–Kier alpha value is -1.92. The number of hydrogen-bond acceptors (Lipinski definition) is 4. The quantitative estimate of drug-likeness (QED) is 0.781. The molecule has 29 heavy (non-hydrogen) atoms. The van der Waals surface area contributed by atoms with Gasteiger partial charge in [-0.15, -0.1) is 0 Å². The summed E-state index contributed by atoms with van der Waals surface area (Å²) in [6.07, 6.45) is 5.03. The molecule has 6 heteroatoms. The lowest BCUT2D eigenvalue weighted by Gasteiger charge is -2.51. The van der Waals surface area contributed by atoms with Crippen molar-refractivity contribution in [2.24, 2.45) is 5.92 Å². The standard InChI is InChI=1S/C23H32N4O2/c1-24-14-15-26-20(17-24)22(29)27(16-18-6-3-2-4-7-18)23(26)10-12-25(13-11-23)21(28)19-8-5-9-19/h2-4,6-7,19-20H,5,8-17H2,1H3/t20-/m1/s1. The van der Waals surface area contributed by atoms with E-state index in [0.29, 0.717) is 12.5 Å². The molecule has 1 spiro atoms. The molecule has 5 rings (SSSR count). The van der Waals surface area contributed by atoms with Gasteiger partial charge in [-0.3, -0.25) is 14.5 Å². The van der Waals surface area contributed by atoms with Crippen LogP contribution in [0.2, 0.25) is 0 Å². The second kappa shape index (κ2) is 7.40. The molecule has 6 nitrogen and oxygen atoms in total. The van der Waals surface area contributed by atoms with Crippen LogP contribution in [-0.4, -0.2) is 82.9 Å². The zero-order valence-corrected chi connectivity index (χ0v) is 17.4. The molecule has 2 amide bonds. The molecule has 156 valence electrons. The number of likely N-dealkylation sites (N-methyl/N-ethyl adjacent to an activating group) is 1. The first kappa shape index (κ1) is 19.1. The number of carbonyl (C=O) groups is 2. The van der Waals surface area contributed by atoms with Crippen LogP contribution >= 0.6 is 0 Å². The monoisotopic (exact) mass is 396 g/mol. The molecule has 0 radical (unpaired) electrons. The lowest BCUT2D eigenvalue weighted by Crippen LogP contribution is -2.63. The van der Waals surface area contributed by atoms with E-state index in [4.69, 9.17) is 0 Å². The first-order chi connectivity index (χ1) is 14.1. The minimum absolute atomic E-state index is 0.0497. The van der Waals surface area contributed by atoms with E-state index >= 15 is 0 Å². The second-order valence-corrected chi connectivity index (χ2v) is 9.32. The summed E-state index contributed by atoms with van der Waals surface area (Å²) in [6.45, 7) is 4.92. The minimum Gasteiger partial charge on any atom is -0.342 e. The van der Waals surface area contributed by atoms with E-state index in [1.54, 1.807) is 0 Å². The van der Waals surface area contributed by atoms with Crippen molar-refractivity contribution in [1.29, 1.82) is 0 Å². The van der Waals surface area contributed by atoms with Gasteiger partial charge >= 0.3 is 0 Å². The average Bonchev–Trinajstić information content (AvgIpc) is 2.90. The van der Waals surface area contributed by atoms with E-state index in [1.807, 2.05) is 18.2 Å². The van der Waals surface area contributed by atoms with Gasteiger partial charge in [0.2, 0.25) is 11.8 Å². The van der Waals surface area contributed by atoms with Gasteiger partial charge in [-0.1, -0.05) is 36.8 Å². The molecule has 3 aliphatic heterocycles. The Bertz CT molecular complexity index is 770. The summed E-state index contributed by atoms with van der Waals surface area (Å²) in [5.41, 5.74) is 0.941. The molecular formula is C23H32N4O2. The topological polar surface area (TPSA) is 47.1 Å². The van der Waals surface area contributed by atoms with E-state index in [0.717, 1.165) is 58.4 Å². The molecule has 1 aromatic carbocycles. The van der Waals surface area contributed by atoms with Crippen molar-refractivity contribution in [3.05, 3.63) is 35.9 Å². The summed E-state index contributed by atoms with van der Waals surface area (Å²) >= 11 is 0. The smallest absolute Gasteiger partial charge is 0.243 e. The molecular weight excluding hydrogens is 364 g/mol. The van der Waals surface area contributed by atoms with E-state index in [-0.39, 0.29) is 23.5 Å². The third-order valence-electron chi connectivity index (χ3n) is 7.69. The Labute approximate surface area is 173 Å². The molecule has 1 saturated carbocycles. The van der Waals surface area contributed by atoms with Crippen molar-refractivity contribution in [2.75, 3.05) is 39.8 Å². The maximum atomic E-state index is 13.5. The maximum Gasteiger partial charge on any atom is 0.243 e. The van der Waals surface area contributed by atoms with Crippen molar-refractivity contribution in [2.45, 2.75) is 50.4 Å². The molecule has 0 unspecified atom stereocenters. The summed E-state index contributed by atoms with van der Waals surface area (Å²) in [7, 11) is 2.11. The summed E-state index contributed by atoms with van der Waals surface area (Å²) in [5.74, 6) is 0.866. The number of amides is 2. The number of hydrogen-bond donors (Lipinski definition) is 0. The van der Waals surface area contributed by atoms with Crippen molar-refractivity contribution < 1.29 is 9.59 Å². The van der Waals surface area contributed by atoms with E-state index in [2.05, 4.69) is 38.8 Å². The van der Waals surface area contributed by atoms with Crippen LogP contribution in [0.4, 0.5) is 0 Å². The van der Waals surface area contributed by atoms with Crippen LogP contribution in [0, 0.1) is 5.92 Å². The molecule has 1 aliphatic carbocycles. The fraction of sp³-hybridized carbons (Fsp3) is 0.652. The van der Waals surface area contributed by atoms with Crippen LogP contribution in [0.3, 0.4) is 0 Å². The zero-order valence-electron chi connectivity index (χ0n) is 17.4. The predicted molar refractivity (Wildman–Crippen MR) is 111 cm³/mol. The lowest BCUT2D eigenvalue weighted by molar-refractivity contribution is -0.145. The van der Waals surface area contributed by atoms with Crippen LogP contribution in [0.15, 0.2) is 30.3 Å². The molecule has 1 atom stereocenters. The summed E-state index contributed by atoms with van der Waals surface area (Å²) in [5, 5.41) is 0. The van der Waals surface area contributed by atoms with E-state index in [9.17, 15) is 9.59 Å². The largest absolute Gasteiger partial charge is 0.342 e. The number of likely N-dealkylation sites (tertiary alicyclic amines) is 1. The van der Waals surface area contributed by atoms with Crippen LogP contribution in [0.1, 0.15) is 37.7 Å². The fourth-order valence-corrected chi connectivity index (χ4v) is 5.72. The Morgan fingerprint density at radius 3 is 2.45 bits per heavy atom. The Morgan fingerprint density at radius 2 is 1.79 bits per heavy atom. The highest BCUT2D eigenvalue weighted by atomic mass is 16.2. The highest BCUT2D eigenvalue weighted by Crippen LogP contribution is 2.43. The zero-order chi connectivity index (χ0) is 20.0. The van der Waals surface area contributed by atoms with Crippen molar-refractivity contribution in [1.82, 2.24) is 19.6 Å². The first-order valence-electron chi connectivity index (χ1n) is 11.2. The molecule has 4 aliphatic rings. The number of carbonyl (C=O) groups excluding carboxylic acids is 2. The van der Waals surface area contributed by atoms with Crippen LogP contribution in [0.25, 0.3) is 0 Å². The Balaban J connectivity index is 1.40. The molecule has 1 aromatic rings. The molecule has 3 saturated heterocycles. The van der Waals surface area contributed by atoms with Crippen molar-refractivity contribution in [3.8, 4) is 0 Å². The summed E-state index contributed by atoms with van der Waals surface area (Å²) in [6, 6.07) is 10.3. The molecule has 0 N–H and O–H groups in total. The highest BCUT2D eigenvalue weighted by molar-refractivity contribution is 5.86. The summed E-state index contributed by atoms with van der Waals surface area (Å²) < 4.78 is 0. The molecule has 3 heterocycles. The average molecular weight is 397 g/mol. The van der Waals surface area contributed by atoms with Gasteiger partial charge in [-0.25, -0.2) is 0 Å². The van der Waals surface area contributed by atoms with Gasteiger partial charge < -0.3 is 14.7 Å². The van der Waals surface area contributed by atoms with Crippen LogP contribution < -0.4 is 0 Å². The van der Waals surface area contributed by atoms with E-state index in [1.165, 1.54) is 12.0 Å². The van der Waals surface area contributed by atoms with Crippen molar-refractivity contribution in [3.63, 3.8) is 0 Å². The summed E-state index contributed by atoms with van der Waals surface area (Å²) in [4.78, 5) is 35.3. The normalized spacial score (nSPS) is 27.9. The van der Waals surface area contributed by atoms with Gasteiger partial charge in [0.05, 0.1) is 0 Å². The fourth-order valence-electron chi connectivity index (χ4n) is 5.72. The van der Waals surface area contributed by atoms with Gasteiger partial charge in [0, 0.05) is 58.0 Å². The number of benzene rings is 1. The third kappa shape index (κ3) is 3.17. The highest BCUT2D eigenvalue weighted by Gasteiger charge is 2.58. The lowest BCUT2D eigenvalue weighted by atomic mass is 9.83. The first-order valence-corrected chi connectivity index (χ1v) is 11.2. The maximum absolute atomic E-state index is 13.5. The molecule has 4 fully saturated rings. The molecule has 0 bridgehead atoms. The van der Waals surface area contributed by atoms with Crippen LogP contribution in [-0.2, 0) is 16.1 Å². The third-order valence-corrected chi connectivity index (χ3v) is 7.69.